The highest BCUT2D eigenvalue weighted by molar-refractivity contribution is 5.81. The Labute approximate surface area is 122 Å². The van der Waals surface area contributed by atoms with Crippen molar-refractivity contribution >= 4 is 5.97 Å². The maximum Gasteiger partial charge on any atom is 0.326 e. The number of ether oxygens (including phenoxy) is 2. The SMILES string of the molecule is COC(=O)C1(NC2CC2)CCCC(OCCC(C)C)C1. The number of hydrogen-bond donors (Lipinski definition) is 1. The number of methoxy groups -OCH3 is 1. The zero-order valence-electron chi connectivity index (χ0n) is 13.1. The van der Waals surface area contributed by atoms with E-state index in [1.54, 1.807) is 0 Å². The molecule has 0 aromatic carbocycles. The van der Waals surface area contributed by atoms with Crippen molar-refractivity contribution in [3.05, 3.63) is 0 Å². The van der Waals surface area contributed by atoms with E-state index in [-0.39, 0.29) is 12.1 Å². The smallest absolute Gasteiger partial charge is 0.326 e. The standard InChI is InChI=1S/C16H29NO3/c1-12(2)8-10-20-14-5-4-9-16(11-14,15(18)19-3)17-13-6-7-13/h12-14,17H,4-11H2,1-3H3. The second-order valence-corrected chi connectivity index (χ2v) is 6.76. The van der Waals surface area contributed by atoms with Crippen LogP contribution in [0.3, 0.4) is 0 Å². The first-order valence-electron chi connectivity index (χ1n) is 8.03. The first-order chi connectivity index (χ1) is 9.55. The highest BCUT2D eigenvalue weighted by Crippen LogP contribution is 2.35. The fourth-order valence-electron chi connectivity index (χ4n) is 3.03. The first-order valence-corrected chi connectivity index (χ1v) is 8.03. The van der Waals surface area contributed by atoms with Gasteiger partial charge in [0.05, 0.1) is 13.2 Å². The third-order valence-electron chi connectivity index (χ3n) is 4.39. The number of rotatable bonds is 7. The second-order valence-electron chi connectivity index (χ2n) is 6.76. The Hall–Kier alpha value is -0.610. The van der Waals surface area contributed by atoms with Gasteiger partial charge in [0.25, 0.3) is 0 Å². The molecule has 0 saturated heterocycles. The van der Waals surface area contributed by atoms with Gasteiger partial charge in [0.2, 0.25) is 0 Å². The van der Waals surface area contributed by atoms with E-state index < -0.39 is 5.54 Å². The molecule has 0 amide bonds. The zero-order chi connectivity index (χ0) is 14.6. The molecule has 2 rings (SSSR count). The molecule has 20 heavy (non-hydrogen) atoms. The van der Waals surface area contributed by atoms with Gasteiger partial charge in [0.15, 0.2) is 0 Å². The van der Waals surface area contributed by atoms with Crippen molar-refractivity contribution in [2.45, 2.75) is 76.5 Å². The normalized spacial score (nSPS) is 30.5. The largest absolute Gasteiger partial charge is 0.468 e. The molecule has 0 heterocycles. The van der Waals surface area contributed by atoms with E-state index in [1.165, 1.54) is 20.0 Å². The molecule has 2 atom stereocenters. The fourth-order valence-corrected chi connectivity index (χ4v) is 3.03. The van der Waals surface area contributed by atoms with E-state index in [4.69, 9.17) is 9.47 Å². The van der Waals surface area contributed by atoms with Crippen LogP contribution in [0.4, 0.5) is 0 Å². The van der Waals surface area contributed by atoms with Gasteiger partial charge in [-0.25, -0.2) is 0 Å². The lowest BCUT2D eigenvalue weighted by Crippen LogP contribution is -2.57. The number of esters is 1. The van der Waals surface area contributed by atoms with Gasteiger partial charge in [-0.15, -0.1) is 0 Å². The number of nitrogens with one attached hydrogen (secondary N) is 1. The topological polar surface area (TPSA) is 47.6 Å². The van der Waals surface area contributed by atoms with Gasteiger partial charge in [0, 0.05) is 19.1 Å². The van der Waals surface area contributed by atoms with Gasteiger partial charge in [-0.2, -0.15) is 0 Å². The van der Waals surface area contributed by atoms with Crippen molar-refractivity contribution < 1.29 is 14.3 Å². The molecule has 0 spiro atoms. The Balaban J connectivity index is 1.91. The molecule has 2 saturated carbocycles. The third kappa shape index (κ3) is 4.19. The predicted molar refractivity (Wildman–Crippen MR) is 78.6 cm³/mol. The summed E-state index contributed by atoms with van der Waals surface area (Å²) in [6.45, 7) is 5.21. The molecule has 1 N–H and O–H groups in total. The van der Waals surface area contributed by atoms with Gasteiger partial charge in [-0.1, -0.05) is 13.8 Å². The van der Waals surface area contributed by atoms with E-state index in [1.807, 2.05) is 0 Å². The highest BCUT2D eigenvalue weighted by atomic mass is 16.5. The number of carbonyl (C=O) groups excluding carboxylic acids is 1. The summed E-state index contributed by atoms with van der Waals surface area (Å²) in [5.41, 5.74) is -0.503. The summed E-state index contributed by atoms with van der Waals surface area (Å²) in [6.07, 6.45) is 7.35. The molecule has 2 unspecified atom stereocenters. The van der Waals surface area contributed by atoms with Crippen LogP contribution < -0.4 is 5.32 Å². The van der Waals surface area contributed by atoms with Crippen LogP contribution >= 0.6 is 0 Å². The van der Waals surface area contributed by atoms with Gasteiger partial charge in [-0.05, 0) is 44.4 Å². The van der Waals surface area contributed by atoms with E-state index in [0.717, 1.165) is 38.7 Å². The van der Waals surface area contributed by atoms with Gasteiger partial charge < -0.3 is 9.47 Å². The Bertz CT molecular complexity index is 328. The molecule has 116 valence electrons. The Morgan fingerprint density at radius 1 is 1.35 bits per heavy atom. The van der Waals surface area contributed by atoms with Crippen molar-refractivity contribution in [3.63, 3.8) is 0 Å². The van der Waals surface area contributed by atoms with Crippen LogP contribution in [-0.2, 0) is 14.3 Å². The monoisotopic (exact) mass is 283 g/mol. The van der Waals surface area contributed by atoms with Gasteiger partial charge in [-0.3, -0.25) is 10.1 Å². The van der Waals surface area contributed by atoms with Crippen molar-refractivity contribution in [1.82, 2.24) is 5.32 Å². The quantitative estimate of drug-likeness (QED) is 0.730. The average molecular weight is 283 g/mol. The molecule has 4 heteroatoms. The second kappa shape index (κ2) is 6.90. The van der Waals surface area contributed by atoms with Crippen molar-refractivity contribution in [2.24, 2.45) is 5.92 Å². The van der Waals surface area contributed by atoms with Crippen molar-refractivity contribution in [3.8, 4) is 0 Å². The zero-order valence-corrected chi connectivity index (χ0v) is 13.1. The molecule has 4 nitrogen and oxygen atoms in total. The minimum atomic E-state index is -0.503. The Morgan fingerprint density at radius 2 is 2.10 bits per heavy atom. The van der Waals surface area contributed by atoms with E-state index in [2.05, 4.69) is 19.2 Å². The Morgan fingerprint density at radius 3 is 2.70 bits per heavy atom. The van der Waals surface area contributed by atoms with Crippen LogP contribution in [0.15, 0.2) is 0 Å². The first kappa shape index (κ1) is 15.8. The molecule has 0 aromatic heterocycles. The summed E-state index contributed by atoms with van der Waals surface area (Å²) in [4.78, 5) is 12.2. The van der Waals surface area contributed by atoms with Crippen LogP contribution in [0.2, 0.25) is 0 Å². The Kier molecular flexibility index (Phi) is 5.44. The minimum absolute atomic E-state index is 0.110. The summed E-state index contributed by atoms with van der Waals surface area (Å²) in [5.74, 6) is 0.551. The van der Waals surface area contributed by atoms with Crippen LogP contribution in [0.1, 0.15) is 58.8 Å². The van der Waals surface area contributed by atoms with Crippen LogP contribution in [0.25, 0.3) is 0 Å². The van der Waals surface area contributed by atoms with E-state index >= 15 is 0 Å². The molecule has 2 fully saturated rings. The number of hydrogen-bond acceptors (Lipinski definition) is 4. The molecule has 2 aliphatic rings. The molecule has 2 aliphatic carbocycles. The molecule has 0 aromatic rings. The predicted octanol–water partition coefficient (Wildman–Crippen LogP) is 2.66. The molecular weight excluding hydrogens is 254 g/mol. The highest BCUT2D eigenvalue weighted by Gasteiger charge is 2.46. The van der Waals surface area contributed by atoms with Crippen LogP contribution in [0.5, 0.6) is 0 Å². The summed E-state index contributed by atoms with van der Waals surface area (Å²) in [6, 6.07) is 0.503. The maximum absolute atomic E-state index is 12.2. The summed E-state index contributed by atoms with van der Waals surface area (Å²) in [5, 5.41) is 3.53. The summed E-state index contributed by atoms with van der Waals surface area (Å²) < 4.78 is 11.1. The average Bonchev–Trinajstić information content (AvgIpc) is 3.21. The fraction of sp³-hybridized carbons (Fsp3) is 0.938. The van der Waals surface area contributed by atoms with Gasteiger partial charge in [0.1, 0.15) is 5.54 Å². The molecule has 0 bridgehead atoms. The van der Waals surface area contributed by atoms with Gasteiger partial charge >= 0.3 is 5.97 Å². The minimum Gasteiger partial charge on any atom is -0.468 e. The summed E-state index contributed by atoms with van der Waals surface area (Å²) in [7, 11) is 1.49. The molecule has 0 aliphatic heterocycles. The van der Waals surface area contributed by atoms with Crippen molar-refractivity contribution in [1.29, 1.82) is 0 Å². The maximum atomic E-state index is 12.2. The summed E-state index contributed by atoms with van der Waals surface area (Å²) >= 11 is 0. The molecular formula is C16H29NO3. The van der Waals surface area contributed by atoms with E-state index in [9.17, 15) is 4.79 Å². The lowest BCUT2D eigenvalue weighted by Gasteiger charge is -2.39. The van der Waals surface area contributed by atoms with Crippen LogP contribution in [-0.4, -0.2) is 37.4 Å². The lowest BCUT2D eigenvalue weighted by molar-refractivity contribution is -0.153. The lowest BCUT2D eigenvalue weighted by atomic mass is 9.79. The van der Waals surface area contributed by atoms with E-state index in [0.29, 0.717) is 12.0 Å². The molecule has 0 radical (unpaired) electrons. The third-order valence-corrected chi connectivity index (χ3v) is 4.39. The number of carbonyl (C=O) groups is 1. The van der Waals surface area contributed by atoms with Crippen LogP contribution in [0, 0.1) is 5.92 Å². The van der Waals surface area contributed by atoms with Crippen molar-refractivity contribution in [2.75, 3.05) is 13.7 Å².